The van der Waals surface area contributed by atoms with Crippen molar-refractivity contribution in [3.63, 3.8) is 0 Å². The zero-order valence-electron chi connectivity index (χ0n) is 11.8. The molecule has 0 aliphatic carbocycles. The van der Waals surface area contributed by atoms with Crippen molar-refractivity contribution in [2.45, 2.75) is 19.4 Å². The molecule has 110 valence electrons. The van der Waals surface area contributed by atoms with Crippen LogP contribution in [-0.4, -0.2) is 18.1 Å². The first kappa shape index (κ1) is 14.3. The van der Waals surface area contributed by atoms with Crippen molar-refractivity contribution in [2.75, 3.05) is 13.1 Å². The summed E-state index contributed by atoms with van der Waals surface area (Å²) in [7, 11) is 0. The number of unbranched alkanes of at least 4 members (excludes halogenated alkanes) is 1. The summed E-state index contributed by atoms with van der Waals surface area (Å²) in [6, 6.07) is 12.2. The Labute approximate surface area is 128 Å². The molecule has 0 atom stereocenters. The summed E-state index contributed by atoms with van der Waals surface area (Å²) in [6.45, 7) is 2.47. The van der Waals surface area contributed by atoms with E-state index in [-0.39, 0.29) is 0 Å². The fourth-order valence-corrected chi connectivity index (χ4v) is 3.10. The smallest absolute Gasteiger partial charge is 0.163 e. The summed E-state index contributed by atoms with van der Waals surface area (Å²) in [5.74, 6) is 1.78. The molecule has 0 saturated heterocycles. The summed E-state index contributed by atoms with van der Waals surface area (Å²) in [6.07, 6.45) is 2.16. The van der Waals surface area contributed by atoms with E-state index in [1.165, 1.54) is 4.70 Å². The van der Waals surface area contributed by atoms with Crippen molar-refractivity contribution in [3.8, 4) is 10.8 Å². The molecule has 2 heterocycles. The first-order valence-corrected chi connectivity index (χ1v) is 8.04. The molecule has 0 saturated carbocycles. The third-order valence-corrected chi connectivity index (χ3v) is 4.32. The number of benzene rings is 1. The molecule has 3 rings (SSSR count). The Bertz CT molecular complexity index is 671. The molecule has 0 unspecified atom stereocenters. The second-order valence-electron chi connectivity index (χ2n) is 4.93. The third-order valence-electron chi connectivity index (χ3n) is 3.27. The molecule has 0 amide bonds. The number of rotatable bonds is 7. The van der Waals surface area contributed by atoms with Gasteiger partial charge in [0.1, 0.15) is 5.76 Å². The van der Waals surface area contributed by atoms with Crippen molar-refractivity contribution < 1.29 is 4.42 Å². The van der Waals surface area contributed by atoms with E-state index in [4.69, 9.17) is 10.2 Å². The molecule has 5 heteroatoms. The van der Waals surface area contributed by atoms with Crippen molar-refractivity contribution in [1.82, 2.24) is 10.3 Å². The number of nitrogens with one attached hydrogen (secondary N) is 1. The number of nitrogens with two attached hydrogens (primary N) is 1. The van der Waals surface area contributed by atoms with Crippen LogP contribution in [0.25, 0.3) is 21.0 Å². The average molecular weight is 301 g/mol. The van der Waals surface area contributed by atoms with Crippen LogP contribution in [0.5, 0.6) is 0 Å². The van der Waals surface area contributed by atoms with Gasteiger partial charge in [0.05, 0.1) is 16.8 Å². The number of aromatic nitrogens is 1. The number of hydrogen-bond acceptors (Lipinski definition) is 5. The molecule has 0 aliphatic rings. The maximum Gasteiger partial charge on any atom is 0.163 e. The highest BCUT2D eigenvalue weighted by Gasteiger charge is 2.10. The SMILES string of the molecule is NCCCCNCc1ccc(-c2nc3ccccc3s2)o1. The van der Waals surface area contributed by atoms with Crippen LogP contribution in [0.15, 0.2) is 40.8 Å². The van der Waals surface area contributed by atoms with Crippen molar-refractivity contribution in [1.29, 1.82) is 0 Å². The van der Waals surface area contributed by atoms with Crippen LogP contribution in [0.1, 0.15) is 18.6 Å². The van der Waals surface area contributed by atoms with Crippen LogP contribution in [0.2, 0.25) is 0 Å². The largest absolute Gasteiger partial charge is 0.457 e. The number of hydrogen-bond donors (Lipinski definition) is 2. The lowest BCUT2D eigenvalue weighted by Crippen LogP contribution is -2.15. The van der Waals surface area contributed by atoms with Crippen LogP contribution in [0, 0.1) is 0 Å². The first-order valence-electron chi connectivity index (χ1n) is 7.22. The zero-order valence-corrected chi connectivity index (χ0v) is 12.7. The highest BCUT2D eigenvalue weighted by molar-refractivity contribution is 7.21. The Morgan fingerprint density at radius 1 is 1.14 bits per heavy atom. The molecule has 2 aromatic heterocycles. The highest BCUT2D eigenvalue weighted by atomic mass is 32.1. The minimum absolute atomic E-state index is 0.746. The molecule has 3 aromatic rings. The Balaban J connectivity index is 1.64. The van der Waals surface area contributed by atoms with Crippen molar-refractivity contribution >= 4 is 21.6 Å². The van der Waals surface area contributed by atoms with E-state index in [1.807, 2.05) is 30.3 Å². The summed E-state index contributed by atoms with van der Waals surface area (Å²) in [5.41, 5.74) is 6.49. The lowest BCUT2D eigenvalue weighted by molar-refractivity contribution is 0.489. The molecule has 1 aromatic carbocycles. The van der Waals surface area contributed by atoms with Gasteiger partial charge in [-0.1, -0.05) is 12.1 Å². The van der Waals surface area contributed by atoms with Gasteiger partial charge in [0.2, 0.25) is 0 Å². The van der Waals surface area contributed by atoms with Gasteiger partial charge in [-0.25, -0.2) is 4.98 Å². The summed E-state index contributed by atoms with van der Waals surface area (Å²) in [4.78, 5) is 4.61. The van der Waals surface area contributed by atoms with Gasteiger partial charge in [0.15, 0.2) is 10.8 Å². The maximum atomic E-state index is 5.87. The van der Waals surface area contributed by atoms with Crippen LogP contribution >= 0.6 is 11.3 Å². The Morgan fingerprint density at radius 3 is 2.90 bits per heavy atom. The van der Waals surface area contributed by atoms with Gasteiger partial charge < -0.3 is 15.5 Å². The van der Waals surface area contributed by atoms with Gasteiger partial charge in [0.25, 0.3) is 0 Å². The van der Waals surface area contributed by atoms with Crippen LogP contribution in [0.3, 0.4) is 0 Å². The summed E-state index contributed by atoms with van der Waals surface area (Å²) in [5, 5.41) is 4.30. The van der Waals surface area contributed by atoms with Gasteiger partial charge in [-0.05, 0) is 50.2 Å². The quantitative estimate of drug-likeness (QED) is 0.657. The second kappa shape index (κ2) is 6.85. The number of para-hydroxylation sites is 1. The van der Waals surface area contributed by atoms with Crippen molar-refractivity contribution in [2.24, 2.45) is 5.73 Å². The van der Waals surface area contributed by atoms with Gasteiger partial charge in [-0.3, -0.25) is 0 Å². The summed E-state index contributed by atoms with van der Waals surface area (Å²) >= 11 is 1.66. The predicted octanol–water partition coefficient (Wildman–Crippen LogP) is 3.38. The molecule has 3 N–H and O–H groups in total. The standard InChI is InChI=1S/C16H19N3OS/c17-9-3-4-10-18-11-12-7-8-14(20-12)16-19-13-5-1-2-6-15(13)21-16/h1-2,5-8,18H,3-4,9-11,17H2. The van der Waals surface area contributed by atoms with E-state index < -0.39 is 0 Å². The van der Waals surface area contributed by atoms with Gasteiger partial charge >= 0.3 is 0 Å². The van der Waals surface area contributed by atoms with E-state index >= 15 is 0 Å². The van der Waals surface area contributed by atoms with E-state index in [2.05, 4.69) is 16.4 Å². The number of nitrogens with zero attached hydrogens (tertiary/aromatic N) is 1. The predicted molar refractivity (Wildman–Crippen MR) is 87.3 cm³/mol. The molecular weight excluding hydrogens is 282 g/mol. The van der Waals surface area contributed by atoms with Crippen LogP contribution < -0.4 is 11.1 Å². The minimum atomic E-state index is 0.746. The molecule has 0 radical (unpaired) electrons. The van der Waals surface area contributed by atoms with Crippen LogP contribution in [0.4, 0.5) is 0 Å². The maximum absolute atomic E-state index is 5.87. The molecule has 0 aliphatic heterocycles. The van der Waals surface area contributed by atoms with Gasteiger partial charge in [0, 0.05) is 0 Å². The molecule has 0 spiro atoms. The van der Waals surface area contributed by atoms with Gasteiger partial charge in [-0.15, -0.1) is 11.3 Å². The Hall–Kier alpha value is -1.69. The monoisotopic (exact) mass is 301 g/mol. The van der Waals surface area contributed by atoms with Crippen LogP contribution in [-0.2, 0) is 6.54 Å². The molecule has 4 nitrogen and oxygen atoms in total. The van der Waals surface area contributed by atoms with E-state index in [0.29, 0.717) is 0 Å². The molecular formula is C16H19N3OS. The average Bonchev–Trinajstić information content (AvgIpc) is 3.13. The fourth-order valence-electron chi connectivity index (χ4n) is 2.17. The lowest BCUT2D eigenvalue weighted by atomic mass is 10.3. The molecule has 0 bridgehead atoms. The Morgan fingerprint density at radius 2 is 2.05 bits per heavy atom. The normalized spacial score (nSPS) is 11.3. The highest BCUT2D eigenvalue weighted by Crippen LogP contribution is 2.30. The molecule has 0 fully saturated rings. The zero-order chi connectivity index (χ0) is 14.5. The second-order valence-corrected chi connectivity index (χ2v) is 5.96. The topological polar surface area (TPSA) is 64.1 Å². The lowest BCUT2D eigenvalue weighted by Gasteiger charge is -2.01. The first-order chi connectivity index (χ1) is 10.4. The third kappa shape index (κ3) is 3.50. The summed E-state index contributed by atoms with van der Waals surface area (Å²) < 4.78 is 7.05. The number of fused-ring (bicyclic) bond motifs is 1. The Kier molecular flexibility index (Phi) is 4.65. The minimum Gasteiger partial charge on any atom is -0.457 e. The van der Waals surface area contributed by atoms with Crippen molar-refractivity contribution in [3.05, 3.63) is 42.2 Å². The molecule has 21 heavy (non-hydrogen) atoms. The number of thiazole rings is 1. The number of furan rings is 1. The van der Waals surface area contributed by atoms with E-state index in [0.717, 1.165) is 54.5 Å². The van der Waals surface area contributed by atoms with Gasteiger partial charge in [-0.2, -0.15) is 0 Å². The fraction of sp³-hybridized carbons (Fsp3) is 0.312. The van der Waals surface area contributed by atoms with E-state index in [9.17, 15) is 0 Å². The van der Waals surface area contributed by atoms with E-state index in [1.54, 1.807) is 11.3 Å².